The van der Waals surface area contributed by atoms with Gasteiger partial charge in [-0.2, -0.15) is 0 Å². The molecule has 0 unspecified atom stereocenters. The quantitative estimate of drug-likeness (QED) is 0.494. The molecule has 2 heterocycles. The third-order valence-electron chi connectivity index (χ3n) is 5.50. The third kappa shape index (κ3) is 4.34. The van der Waals surface area contributed by atoms with Crippen LogP contribution in [0.15, 0.2) is 53.1 Å². The number of hydrogen-bond donors (Lipinski definition) is 2. The van der Waals surface area contributed by atoms with E-state index in [2.05, 4.69) is 10.5 Å². The second-order valence-corrected chi connectivity index (χ2v) is 7.76. The molecule has 4 aromatic rings. The zero-order valence-corrected chi connectivity index (χ0v) is 17.9. The molecule has 0 fully saturated rings. The highest BCUT2D eigenvalue weighted by Gasteiger charge is 2.13. The van der Waals surface area contributed by atoms with E-state index in [1.807, 2.05) is 69.3 Å². The average Bonchev–Trinajstić information content (AvgIpc) is 3.09. The molecule has 158 valence electrons. The Morgan fingerprint density at radius 1 is 1.06 bits per heavy atom. The van der Waals surface area contributed by atoms with E-state index in [1.165, 1.54) is 0 Å². The van der Waals surface area contributed by atoms with Crippen molar-refractivity contribution in [1.29, 1.82) is 0 Å². The van der Waals surface area contributed by atoms with Gasteiger partial charge in [0.25, 0.3) is 5.91 Å². The van der Waals surface area contributed by atoms with Crippen molar-refractivity contribution >= 4 is 16.8 Å². The second-order valence-electron chi connectivity index (χ2n) is 7.76. The molecule has 2 aromatic heterocycles. The van der Waals surface area contributed by atoms with E-state index in [9.17, 15) is 9.90 Å². The molecule has 0 aliphatic heterocycles. The maximum atomic E-state index is 12.7. The number of carbonyl (C=O) groups excluding carboxylic acids is 1. The van der Waals surface area contributed by atoms with Gasteiger partial charge >= 0.3 is 0 Å². The van der Waals surface area contributed by atoms with Crippen molar-refractivity contribution in [3.63, 3.8) is 0 Å². The Morgan fingerprint density at radius 3 is 2.61 bits per heavy atom. The van der Waals surface area contributed by atoms with Crippen molar-refractivity contribution in [2.45, 2.75) is 40.3 Å². The molecule has 2 aromatic carbocycles. The zero-order valence-electron chi connectivity index (χ0n) is 17.9. The molecule has 0 atom stereocenters. The lowest BCUT2D eigenvalue weighted by atomic mass is 9.98. The summed E-state index contributed by atoms with van der Waals surface area (Å²) >= 11 is 0. The maximum Gasteiger partial charge on any atom is 0.251 e. The number of para-hydroxylation sites is 1. The predicted molar refractivity (Wildman–Crippen MR) is 119 cm³/mol. The number of hydrogen-bond acceptors (Lipinski definition) is 5. The minimum Gasteiger partial charge on any atom is -0.392 e. The first kappa shape index (κ1) is 20.8. The molecule has 31 heavy (non-hydrogen) atoms. The summed E-state index contributed by atoms with van der Waals surface area (Å²) in [6.45, 7) is 5.98. The molecule has 0 bridgehead atoms. The highest BCUT2D eigenvalue weighted by atomic mass is 16.5. The van der Waals surface area contributed by atoms with Gasteiger partial charge in [-0.1, -0.05) is 35.5 Å². The Hall–Kier alpha value is -3.51. The van der Waals surface area contributed by atoms with Crippen molar-refractivity contribution in [2.75, 3.05) is 0 Å². The van der Waals surface area contributed by atoms with Crippen molar-refractivity contribution in [3.8, 4) is 0 Å². The number of amides is 1. The first-order valence-electron chi connectivity index (χ1n) is 10.2. The number of aliphatic hydroxyl groups is 1. The average molecular weight is 415 g/mol. The molecule has 0 aliphatic carbocycles. The topological polar surface area (TPSA) is 88.2 Å². The standard InChI is InChI=1S/C25H25N3O3/c1-15-10-21(14-29)22-9-5-7-19(24(22)27-15)11-18-6-4-8-20(12-18)25(30)26-13-23-16(2)28-31-17(23)3/h4-10,12,29H,11,13-14H2,1-3H3,(H,26,30). The summed E-state index contributed by atoms with van der Waals surface area (Å²) in [5.74, 6) is 0.573. The Kier molecular flexibility index (Phi) is 5.82. The largest absolute Gasteiger partial charge is 0.392 e. The molecule has 0 radical (unpaired) electrons. The first-order valence-corrected chi connectivity index (χ1v) is 10.2. The van der Waals surface area contributed by atoms with Crippen LogP contribution in [-0.4, -0.2) is 21.2 Å². The summed E-state index contributed by atoms with van der Waals surface area (Å²) in [6.07, 6.45) is 0.643. The van der Waals surface area contributed by atoms with Gasteiger partial charge in [-0.05, 0) is 62.1 Å². The van der Waals surface area contributed by atoms with Crippen LogP contribution >= 0.6 is 0 Å². The van der Waals surface area contributed by atoms with E-state index in [0.717, 1.165) is 44.5 Å². The smallest absolute Gasteiger partial charge is 0.251 e. The van der Waals surface area contributed by atoms with Gasteiger partial charge in [0, 0.05) is 28.8 Å². The van der Waals surface area contributed by atoms with Gasteiger partial charge in [0.1, 0.15) is 5.76 Å². The number of benzene rings is 2. The molecule has 2 N–H and O–H groups in total. The van der Waals surface area contributed by atoms with E-state index < -0.39 is 0 Å². The molecule has 4 rings (SSSR count). The van der Waals surface area contributed by atoms with E-state index >= 15 is 0 Å². The number of aryl methyl sites for hydroxylation is 3. The van der Waals surface area contributed by atoms with Crippen molar-refractivity contribution in [2.24, 2.45) is 0 Å². The fourth-order valence-corrected chi connectivity index (χ4v) is 3.86. The molecule has 1 amide bonds. The zero-order chi connectivity index (χ0) is 22.0. The molecular formula is C25H25N3O3. The first-order chi connectivity index (χ1) is 15.0. The predicted octanol–water partition coefficient (Wildman–Crippen LogP) is 4.16. The number of aromatic nitrogens is 2. The number of carbonyl (C=O) groups is 1. The summed E-state index contributed by atoms with van der Waals surface area (Å²) in [7, 11) is 0. The molecule has 0 saturated heterocycles. The summed E-state index contributed by atoms with van der Waals surface area (Å²) in [4.78, 5) is 17.4. The van der Waals surface area contributed by atoms with Crippen molar-refractivity contribution in [3.05, 3.63) is 93.5 Å². The lowest BCUT2D eigenvalue weighted by Gasteiger charge is -2.11. The summed E-state index contributed by atoms with van der Waals surface area (Å²) in [5, 5.41) is 17.5. The molecule has 6 heteroatoms. The Balaban J connectivity index is 1.57. The monoisotopic (exact) mass is 415 g/mol. The van der Waals surface area contributed by atoms with Crippen LogP contribution < -0.4 is 5.32 Å². The summed E-state index contributed by atoms with van der Waals surface area (Å²) < 4.78 is 5.16. The van der Waals surface area contributed by atoms with Crippen LogP contribution in [0, 0.1) is 20.8 Å². The van der Waals surface area contributed by atoms with Crippen LogP contribution in [0.2, 0.25) is 0 Å². The number of nitrogens with zero attached hydrogens (tertiary/aromatic N) is 2. The van der Waals surface area contributed by atoms with Crippen LogP contribution in [0.4, 0.5) is 0 Å². The van der Waals surface area contributed by atoms with Gasteiger partial charge in [-0.15, -0.1) is 0 Å². The number of nitrogens with one attached hydrogen (secondary N) is 1. The van der Waals surface area contributed by atoms with E-state index in [1.54, 1.807) is 0 Å². The SMILES string of the molecule is Cc1cc(CO)c2cccc(Cc3cccc(C(=O)NCc4c(C)noc4C)c3)c2n1. The van der Waals surface area contributed by atoms with Gasteiger partial charge in [0.15, 0.2) is 0 Å². The van der Waals surface area contributed by atoms with Crippen molar-refractivity contribution < 1.29 is 14.4 Å². The van der Waals surface area contributed by atoms with Gasteiger partial charge < -0.3 is 14.9 Å². The van der Waals surface area contributed by atoms with Crippen molar-refractivity contribution in [1.82, 2.24) is 15.5 Å². The molecule has 0 aliphatic rings. The second kappa shape index (κ2) is 8.70. The van der Waals surface area contributed by atoms with Gasteiger partial charge in [0.05, 0.1) is 17.8 Å². The van der Waals surface area contributed by atoms with Gasteiger partial charge in [-0.3, -0.25) is 9.78 Å². The molecule has 6 nitrogen and oxygen atoms in total. The Morgan fingerprint density at radius 2 is 1.87 bits per heavy atom. The van der Waals surface area contributed by atoms with Crippen LogP contribution in [-0.2, 0) is 19.6 Å². The highest BCUT2D eigenvalue weighted by molar-refractivity contribution is 5.94. The summed E-state index contributed by atoms with van der Waals surface area (Å²) in [6, 6.07) is 15.5. The molecule has 0 spiro atoms. The van der Waals surface area contributed by atoms with Crippen LogP contribution in [0.3, 0.4) is 0 Å². The minimum atomic E-state index is -0.142. The molecular weight excluding hydrogens is 390 g/mol. The summed E-state index contributed by atoms with van der Waals surface area (Å²) in [5.41, 5.74) is 7.00. The minimum absolute atomic E-state index is 0.0237. The lowest BCUT2D eigenvalue weighted by Crippen LogP contribution is -2.23. The highest BCUT2D eigenvalue weighted by Crippen LogP contribution is 2.24. The van der Waals surface area contributed by atoms with Crippen LogP contribution in [0.5, 0.6) is 0 Å². The number of aliphatic hydroxyl groups excluding tert-OH is 1. The fraction of sp³-hybridized carbons (Fsp3) is 0.240. The normalized spacial score (nSPS) is 11.1. The Bertz CT molecular complexity index is 1240. The van der Waals surface area contributed by atoms with Crippen LogP contribution in [0.1, 0.15) is 49.8 Å². The third-order valence-corrected chi connectivity index (χ3v) is 5.50. The number of rotatable bonds is 6. The number of pyridine rings is 1. The lowest BCUT2D eigenvalue weighted by molar-refractivity contribution is 0.0950. The molecule has 0 saturated carbocycles. The van der Waals surface area contributed by atoms with E-state index in [4.69, 9.17) is 9.51 Å². The van der Waals surface area contributed by atoms with Crippen LogP contribution in [0.25, 0.3) is 10.9 Å². The van der Waals surface area contributed by atoms with E-state index in [0.29, 0.717) is 24.3 Å². The number of fused-ring (bicyclic) bond motifs is 1. The Labute approximate surface area is 180 Å². The van der Waals surface area contributed by atoms with Gasteiger partial charge in [0.2, 0.25) is 0 Å². The van der Waals surface area contributed by atoms with Gasteiger partial charge in [-0.25, -0.2) is 0 Å². The van der Waals surface area contributed by atoms with E-state index in [-0.39, 0.29) is 12.5 Å². The maximum absolute atomic E-state index is 12.7. The fourth-order valence-electron chi connectivity index (χ4n) is 3.86.